The van der Waals surface area contributed by atoms with E-state index in [9.17, 15) is 4.79 Å². The SMILES string of the molecule is CCC(C)(C)NC(=O)CSc1nnc(-c2cc3c(s2)CC[C@@H](C)C3)o1. The number of thioether (sulfide) groups is 1. The molecule has 1 aliphatic rings. The van der Waals surface area contributed by atoms with Crippen LogP contribution in [0.25, 0.3) is 10.8 Å². The minimum absolute atomic E-state index is 0.0165. The molecule has 0 bridgehead atoms. The molecule has 0 saturated carbocycles. The Morgan fingerprint density at radius 1 is 1.48 bits per heavy atom. The molecule has 1 amide bonds. The van der Waals surface area contributed by atoms with Crippen LogP contribution in [-0.2, 0) is 17.6 Å². The van der Waals surface area contributed by atoms with Crippen molar-refractivity contribution in [3.63, 3.8) is 0 Å². The van der Waals surface area contributed by atoms with Crippen molar-refractivity contribution < 1.29 is 9.21 Å². The summed E-state index contributed by atoms with van der Waals surface area (Å²) >= 11 is 3.04. The van der Waals surface area contributed by atoms with Crippen LogP contribution in [0.2, 0.25) is 0 Å². The van der Waals surface area contributed by atoms with Crippen molar-refractivity contribution >= 4 is 29.0 Å². The number of aryl methyl sites for hydroxylation is 1. The summed E-state index contributed by atoms with van der Waals surface area (Å²) in [7, 11) is 0. The summed E-state index contributed by atoms with van der Waals surface area (Å²) in [5.41, 5.74) is 1.23. The molecule has 2 heterocycles. The van der Waals surface area contributed by atoms with Gasteiger partial charge in [-0.25, -0.2) is 0 Å². The minimum Gasteiger partial charge on any atom is -0.410 e. The topological polar surface area (TPSA) is 68.0 Å². The fraction of sp³-hybridized carbons (Fsp3) is 0.611. The Morgan fingerprint density at radius 3 is 3.04 bits per heavy atom. The zero-order valence-corrected chi connectivity index (χ0v) is 16.9. The summed E-state index contributed by atoms with van der Waals surface area (Å²) < 4.78 is 5.75. The summed E-state index contributed by atoms with van der Waals surface area (Å²) in [5, 5.41) is 11.7. The third kappa shape index (κ3) is 4.64. The van der Waals surface area contributed by atoms with Gasteiger partial charge in [-0.1, -0.05) is 25.6 Å². The number of hydrogen-bond donors (Lipinski definition) is 1. The number of nitrogens with zero attached hydrogens (tertiary/aromatic N) is 2. The zero-order valence-electron chi connectivity index (χ0n) is 15.2. The number of rotatable bonds is 6. The molecule has 0 saturated heterocycles. The van der Waals surface area contributed by atoms with E-state index in [1.165, 1.54) is 28.6 Å². The molecule has 0 radical (unpaired) electrons. The van der Waals surface area contributed by atoms with E-state index >= 15 is 0 Å². The van der Waals surface area contributed by atoms with E-state index in [0.717, 1.165) is 30.1 Å². The molecule has 0 aromatic carbocycles. The van der Waals surface area contributed by atoms with Crippen LogP contribution < -0.4 is 5.32 Å². The first-order valence-corrected chi connectivity index (χ1v) is 10.6. The van der Waals surface area contributed by atoms with Crippen LogP contribution in [0, 0.1) is 5.92 Å². The Hall–Kier alpha value is -1.34. The largest absolute Gasteiger partial charge is 0.410 e. The van der Waals surface area contributed by atoms with Crippen LogP contribution in [0.15, 0.2) is 15.7 Å². The first kappa shape index (κ1) is 18.5. The van der Waals surface area contributed by atoms with Gasteiger partial charge in [-0.2, -0.15) is 0 Å². The molecule has 0 fully saturated rings. The number of fused-ring (bicyclic) bond motifs is 1. The van der Waals surface area contributed by atoms with Crippen LogP contribution in [0.3, 0.4) is 0 Å². The minimum atomic E-state index is -0.190. The third-order valence-corrected chi connectivity index (χ3v) is 6.68. The molecule has 0 aliphatic heterocycles. The smallest absolute Gasteiger partial charge is 0.277 e. The van der Waals surface area contributed by atoms with Crippen molar-refractivity contribution in [1.82, 2.24) is 15.5 Å². The van der Waals surface area contributed by atoms with Crippen LogP contribution in [0.5, 0.6) is 0 Å². The highest BCUT2D eigenvalue weighted by Gasteiger charge is 2.22. The first-order valence-electron chi connectivity index (χ1n) is 8.75. The molecule has 7 heteroatoms. The van der Waals surface area contributed by atoms with Crippen molar-refractivity contribution in [3.8, 4) is 10.8 Å². The normalized spacial score (nSPS) is 17.4. The van der Waals surface area contributed by atoms with Crippen molar-refractivity contribution in [3.05, 3.63) is 16.5 Å². The highest BCUT2D eigenvalue weighted by molar-refractivity contribution is 7.99. The Labute approximate surface area is 157 Å². The Morgan fingerprint density at radius 2 is 2.28 bits per heavy atom. The van der Waals surface area contributed by atoms with Crippen LogP contribution in [0.1, 0.15) is 51.0 Å². The van der Waals surface area contributed by atoms with E-state index in [2.05, 4.69) is 35.4 Å². The maximum atomic E-state index is 12.0. The first-order chi connectivity index (χ1) is 11.9. The van der Waals surface area contributed by atoms with E-state index in [4.69, 9.17) is 4.42 Å². The zero-order chi connectivity index (χ0) is 18.0. The monoisotopic (exact) mass is 379 g/mol. The number of amides is 1. The second kappa shape index (κ2) is 7.50. The van der Waals surface area contributed by atoms with Crippen LogP contribution in [-0.4, -0.2) is 27.4 Å². The maximum absolute atomic E-state index is 12.0. The molecule has 3 rings (SSSR count). The average Bonchev–Trinajstić information content (AvgIpc) is 3.18. The molecule has 25 heavy (non-hydrogen) atoms. The molecule has 5 nitrogen and oxygen atoms in total. The highest BCUT2D eigenvalue weighted by atomic mass is 32.2. The van der Waals surface area contributed by atoms with Gasteiger partial charge < -0.3 is 9.73 Å². The van der Waals surface area contributed by atoms with E-state index < -0.39 is 0 Å². The van der Waals surface area contributed by atoms with Gasteiger partial charge in [0.05, 0.1) is 10.6 Å². The van der Waals surface area contributed by atoms with Crippen molar-refractivity contribution in [2.24, 2.45) is 5.92 Å². The molecule has 1 N–H and O–H groups in total. The van der Waals surface area contributed by atoms with Gasteiger partial charge in [0.1, 0.15) is 0 Å². The van der Waals surface area contributed by atoms with E-state index in [0.29, 0.717) is 11.1 Å². The molecular weight excluding hydrogens is 354 g/mol. The fourth-order valence-electron chi connectivity index (χ4n) is 2.81. The lowest BCUT2D eigenvalue weighted by molar-refractivity contribution is -0.120. The summed E-state index contributed by atoms with van der Waals surface area (Å²) in [6, 6.07) is 2.19. The van der Waals surface area contributed by atoms with Gasteiger partial charge >= 0.3 is 0 Å². The molecule has 1 aliphatic carbocycles. The quantitative estimate of drug-likeness (QED) is 0.757. The maximum Gasteiger partial charge on any atom is 0.277 e. The molecule has 1 atom stereocenters. The molecule has 2 aromatic heterocycles. The van der Waals surface area contributed by atoms with Crippen molar-refractivity contribution in [2.45, 2.75) is 64.1 Å². The second-order valence-electron chi connectivity index (χ2n) is 7.35. The molecule has 136 valence electrons. The molecule has 0 unspecified atom stereocenters. The standard InChI is InChI=1S/C18H25N3O2S2/c1-5-18(3,4)19-15(22)10-24-17-21-20-16(23-17)14-9-12-8-11(2)6-7-13(12)25-14/h9,11H,5-8,10H2,1-4H3,(H,19,22)/t11-/m1/s1. The summed E-state index contributed by atoms with van der Waals surface area (Å²) in [6.45, 7) is 8.38. The van der Waals surface area contributed by atoms with E-state index in [-0.39, 0.29) is 17.2 Å². The van der Waals surface area contributed by atoms with Gasteiger partial charge in [-0.15, -0.1) is 21.5 Å². The van der Waals surface area contributed by atoms with Crippen LogP contribution in [0.4, 0.5) is 0 Å². The van der Waals surface area contributed by atoms with E-state index in [1.807, 2.05) is 13.8 Å². The number of hydrogen-bond acceptors (Lipinski definition) is 6. The Bertz CT molecular complexity index is 751. The molecular formula is C18H25N3O2S2. The lowest BCUT2D eigenvalue weighted by Gasteiger charge is -2.24. The number of carbonyl (C=O) groups excluding carboxylic acids is 1. The predicted molar refractivity (Wildman–Crippen MR) is 102 cm³/mol. The van der Waals surface area contributed by atoms with Gasteiger partial charge in [0, 0.05) is 10.4 Å². The van der Waals surface area contributed by atoms with Gasteiger partial charge in [-0.3, -0.25) is 4.79 Å². The number of nitrogens with one attached hydrogen (secondary N) is 1. The highest BCUT2D eigenvalue weighted by Crippen LogP contribution is 2.37. The summed E-state index contributed by atoms with van der Waals surface area (Å²) in [6.07, 6.45) is 4.41. The fourth-order valence-corrected chi connectivity index (χ4v) is 4.50. The van der Waals surface area contributed by atoms with Gasteiger partial charge in [0.25, 0.3) is 11.1 Å². The summed E-state index contributed by atoms with van der Waals surface area (Å²) in [5.74, 6) is 1.57. The molecule has 0 spiro atoms. The summed E-state index contributed by atoms with van der Waals surface area (Å²) in [4.78, 5) is 14.5. The van der Waals surface area contributed by atoms with Gasteiger partial charge in [-0.05, 0) is 57.1 Å². The van der Waals surface area contributed by atoms with Crippen molar-refractivity contribution in [2.75, 3.05) is 5.75 Å². The lowest BCUT2D eigenvalue weighted by Crippen LogP contribution is -2.43. The average molecular weight is 380 g/mol. The van der Waals surface area contributed by atoms with Crippen molar-refractivity contribution in [1.29, 1.82) is 0 Å². The lowest BCUT2D eigenvalue weighted by atomic mass is 9.90. The second-order valence-corrected chi connectivity index (χ2v) is 9.42. The number of thiophene rings is 1. The van der Waals surface area contributed by atoms with Crippen LogP contribution >= 0.6 is 23.1 Å². The molecule has 2 aromatic rings. The Kier molecular flexibility index (Phi) is 5.53. The predicted octanol–water partition coefficient (Wildman–Crippen LogP) is 4.32. The van der Waals surface area contributed by atoms with Gasteiger partial charge in [0.2, 0.25) is 5.91 Å². The number of aromatic nitrogens is 2. The van der Waals surface area contributed by atoms with E-state index in [1.54, 1.807) is 11.3 Å². The van der Waals surface area contributed by atoms with Gasteiger partial charge in [0.15, 0.2) is 0 Å². The number of carbonyl (C=O) groups is 1. The Balaban J connectivity index is 1.60. The third-order valence-electron chi connectivity index (χ3n) is 4.63.